The van der Waals surface area contributed by atoms with Gasteiger partial charge in [0.05, 0.1) is 12.3 Å². The molecule has 2 aliphatic rings. The van der Waals surface area contributed by atoms with E-state index >= 15 is 0 Å². The van der Waals surface area contributed by atoms with Crippen LogP contribution in [0.25, 0.3) is 0 Å². The molecule has 1 fully saturated rings. The number of amides is 1. The Morgan fingerprint density at radius 2 is 1.97 bits per heavy atom. The molecule has 5 rings (SSSR count). The molecule has 1 aromatic heterocycles. The van der Waals surface area contributed by atoms with Crippen molar-refractivity contribution in [3.8, 4) is 11.5 Å². The van der Waals surface area contributed by atoms with Crippen LogP contribution in [0.3, 0.4) is 0 Å². The number of carbonyl (C=O) groups excluding carboxylic acids is 1. The Hall–Kier alpha value is -3.35. The van der Waals surface area contributed by atoms with Gasteiger partial charge in [0, 0.05) is 30.8 Å². The van der Waals surface area contributed by atoms with Gasteiger partial charge in [-0.3, -0.25) is 9.48 Å². The highest BCUT2D eigenvalue weighted by molar-refractivity contribution is 5.76. The van der Waals surface area contributed by atoms with Gasteiger partial charge in [-0.25, -0.2) is 4.39 Å². The molecule has 1 saturated carbocycles. The zero-order chi connectivity index (χ0) is 25.1. The van der Waals surface area contributed by atoms with E-state index in [4.69, 9.17) is 9.47 Å². The van der Waals surface area contributed by atoms with Crippen molar-refractivity contribution in [3.05, 3.63) is 76.9 Å². The Labute approximate surface area is 211 Å². The van der Waals surface area contributed by atoms with Gasteiger partial charge in [-0.05, 0) is 87.3 Å². The predicted molar refractivity (Wildman–Crippen MR) is 136 cm³/mol. The number of halogens is 1. The van der Waals surface area contributed by atoms with Gasteiger partial charge in [0.2, 0.25) is 5.91 Å². The van der Waals surface area contributed by atoms with Crippen LogP contribution in [0.2, 0.25) is 0 Å². The summed E-state index contributed by atoms with van der Waals surface area (Å²) in [5, 5.41) is 7.44. The summed E-state index contributed by atoms with van der Waals surface area (Å²) in [5.41, 5.74) is 3.95. The fourth-order valence-corrected chi connectivity index (χ4v) is 5.25. The number of benzene rings is 2. The van der Waals surface area contributed by atoms with Crippen LogP contribution >= 0.6 is 0 Å². The largest absolute Gasteiger partial charge is 0.490 e. The molecule has 3 aromatic rings. The van der Waals surface area contributed by atoms with Crippen molar-refractivity contribution < 1.29 is 18.7 Å². The maximum Gasteiger partial charge on any atom is 0.220 e. The Morgan fingerprint density at radius 1 is 1.17 bits per heavy atom. The van der Waals surface area contributed by atoms with Gasteiger partial charge in [-0.1, -0.05) is 18.2 Å². The van der Waals surface area contributed by atoms with E-state index in [1.807, 2.05) is 43.0 Å². The summed E-state index contributed by atoms with van der Waals surface area (Å²) < 4.78 is 28.4. The van der Waals surface area contributed by atoms with E-state index in [-0.39, 0.29) is 30.0 Å². The van der Waals surface area contributed by atoms with E-state index in [0.717, 1.165) is 66.8 Å². The Balaban J connectivity index is 1.08. The molecule has 1 aliphatic heterocycles. The van der Waals surface area contributed by atoms with Crippen LogP contribution < -0.4 is 14.8 Å². The molecular formula is C29H34FN3O3. The summed E-state index contributed by atoms with van der Waals surface area (Å²) >= 11 is 0. The lowest BCUT2D eigenvalue weighted by Gasteiger charge is -2.30. The van der Waals surface area contributed by atoms with Crippen molar-refractivity contribution in [2.24, 2.45) is 7.05 Å². The third-order valence-electron chi connectivity index (χ3n) is 7.53. The molecule has 0 saturated heterocycles. The zero-order valence-electron chi connectivity index (χ0n) is 21.0. The van der Waals surface area contributed by atoms with Gasteiger partial charge in [0.25, 0.3) is 0 Å². The van der Waals surface area contributed by atoms with Crippen LogP contribution in [-0.2, 0) is 24.7 Å². The molecule has 2 aromatic carbocycles. The van der Waals surface area contributed by atoms with Gasteiger partial charge in [-0.2, -0.15) is 5.10 Å². The molecule has 7 heteroatoms. The average Bonchev–Trinajstić information content (AvgIpc) is 3.21. The number of nitrogens with one attached hydrogen (secondary N) is 1. The molecule has 1 aliphatic carbocycles. The SMILES string of the molecule is Cc1c(CCC(=O)N[C@H]2CC[C@H](Oc3ccc4c(c3)CCC(c3ccccc3F)O4)CC2)cnn1C. The molecule has 36 heavy (non-hydrogen) atoms. The second-order valence-electron chi connectivity index (χ2n) is 9.97. The summed E-state index contributed by atoms with van der Waals surface area (Å²) in [4.78, 5) is 12.4. The first-order valence-corrected chi connectivity index (χ1v) is 12.9. The van der Waals surface area contributed by atoms with Gasteiger partial charge < -0.3 is 14.8 Å². The monoisotopic (exact) mass is 491 g/mol. The Morgan fingerprint density at radius 3 is 2.72 bits per heavy atom. The van der Waals surface area contributed by atoms with E-state index in [1.165, 1.54) is 6.07 Å². The molecular weight excluding hydrogens is 457 g/mol. The number of ether oxygens (including phenoxy) is 2. The lowest BCUT2D eigenvalue weighted by Crippen LogP contribution is -2.39. The zero-order valence-corrected chi connectivity index (χ0v) is 21.0. The Bertz CT molecular complexity index is 1220. The van der Waals surface area contributed by atoms with E-state index in [0.29, 0.717) is 18.4 Å². The van der Waals surface area contributed by atoms with E-state index in [1.54, 1.807) is 12.1 Å². The van der Waals surface area contributed by atoms with E-state index < -0.39 is 0 Å². The topological polar surface area (TPSA) is 65.4 Å². The minimum absolute atomic E-state index is 0.103. The van der Waals surface area contributed by atoms with Crippen LogP contribution in [0.5, 0.6) is 11.5 Å². The first-order valence-electron chi connectivity index (χ1n) is 12.9. The summed E-state index contributed by atoms with van der Waals surface area (Å²) in [6.07, 6.45) is 8.15. The highest BCUT2D eigenvalue weighted by Crippen LogP contribution is 2.38. The molecule has 1 amide bonds. The first-order chi connectivity index (χ1) is 17.5. The quantitative estimate of drug-likeness (QED) is 0.482. The number of rotatable bonds is 7. The molecule has 1 N–H and O–H groups in total. The summed E-state index contributed by atoms with van der Waals surface area (Å²) in [6.45, 7) is 2.03. The van der Waals surface area contributed by atoms with Crippen LogP contribution in [0, 0.1) is 12.7 Å². The average molecular weight is 492 g/mol. The molecule has 1 unspecified atom stereocenters. The molecule has 2 heterocycles. The fourth-order valence-electron chi connectivity index (χ4n) is 5.25. The Kier molecular flexibility index (Phi) is 7.25. The number of aromatic nitrogens is 2. The predicted octanol–water partition coefficient (Wildman–Crippen LogP) is 5.37. The third-order valence-corrected chi connectivity index (χ3v) is 7.53. The number of carbonyl (C=O) groups is 1. The molecule has 0 spiro atoms. The van der Waals surface area contributed by atoms with Crippen molar-refractivity contribution in [2.75, 3.05) is 0 Å². The van der Waals surface area contributed by atoms with E-state index in [2.05, 4.69) is 16.5 Å². The second kappa shape index (κ2) is 10.7. The highest BCUT2D eigenvalue weighted by Gasteiger charge is 2.26. The number of hydrogen-bond donors (Lipinski definition) is 1. The number of hydrogen-bond acceptors (Lipinski definition) is 4. The molecule has 190 valence electrons. The van der Waals surface area contributed by atoms with Crippen molar-refractivity contribution >= 4 is 5.91 Å². The molecule has 6 nitrogen and oxygen atoms in total. The van der Waals surface area contributed by atoms with Crippen LogP contribution in [0.1, 0.15) is 67.0 Å². The van der Waals surface area contributed by atoms with Crippen molar-refractivity contribution in [1.82, 2.24) is 15.1 Å². The summed E-state index contributed by atoms with van der Waals surface area (Å²) in [7, 11) is 1.92. The van der Waals surface area contributed by atoms with Gasteiger partial charge in [0.15, 0.2) is 0 Å². The van der Waals surface area contributed by atoms with Gasteiger partial charge in [0.1, 0.15) is 23.4 Å². The summed E-state index contributed by atoms with van der Waals surface area (Å²) in [5.74, 6) is 1.53. The molecule has 0 radical (unpaired) electrons. The molecule has 1 atom stereocenters. The van der Waals surface area contributed by atoms with Crippen molar-refractivity contribution in [2.45, 2.75) is 76.5 Å². The standard InChI is InChI=1S/C29H34FN3O3/c1-19-21(18-31-33(19)2)8-16-29(34)32-22-9-11-23(12-10-22)35-24-13-15-27-20(17-24)7-14-28(36-27)25-5-3-4-6-26(25)30/h3-6,13,15,17-18,22-23,28H,7-12,14,16H2,1-2H3,(H,32,34)/t22-,23-,28?. The maximum atomic E-state index is 14.2. The van der Waals surface area contributed by atoms with Crippen LogP contribution in [0.4, 0.5) is 4.39 Å². The minimum Gasteiger partial charge on any atom is -0.490 e. The number of aryl methyl sites for hydroxylation is 3. The lowest BCUT2D eigenvalue weighted by atomic mass is 9.92. The van der Waals surface area contributed by atoms with Crippen LogP contribution in [0.15, 0.2) is 48.7 Å². The lowest BCUT2D eigenvalue weighted by molar-refractivity contribution is -0.122. The number of fused-ring (bicyclic) bond motifs is 1. The van der Waals surface area contributed by atoms with Crippen molar-refractivity contribution in [1.29, 1.82) is 0 Å². The van der Waals surface area contributed by atoms with Gasteiger partial charge >= 0.3 is 0 Å². The van der Waals surface area contributed by atoms with Crippen molar-refractivity contribution in [3.63, 3.8) is 0 Å². The fraction of sp³-hybridized carbons (Fsp3) is 0.448. The third kappa shape index (κ3) is 5.55. The number of nitrogens with zero attached hydrogens (tertiary/aromatic N) is 2. The minimum atomic E-state index is -0.260. The smallest absolute Gasteiger partial charge is 0.220 e. The van der Waals surface area contributed by atoms with E-state index in [9.17, 15) is 9.18 Å². The normalized spacial score (nSPS) is 21.4. The maximum absolute atomic E-state index is 14.2. The second-order valence-corrected chi connectivity index (χ2v) is 9.97. The van der Waals surface area contributed by atoms with Crippen LogP contribution in [-0.4, -0.2) is 27.8 Å². The summed E-state index contributed by atoms with van der Waals surface area (Å²) in [6, 6.07) is 13.0. The first kappa shape index (κ1) is 24.3. The molecule has 0 bridgehead atoms. The van der Waals surface area contributed by atoms with Gasteiger partial charge in [-0.15, -0.1) is 0 Å². The highest BCUT2D eigenvalue weighted by atomic mass is 19.1.